The second-order valence-corrected chi connectivity index (χ2v) is 12.0. The van der Waals surface area contributed by atoms with E-state index in [1.807, 2.05) is 25.1 Å². The lowest BCUT2D eigenvalue weighted by molar-refractivity contribution is 0.0139. The van der Waals surface area contributed by atoms with Gasteiger partial charge in [0, 0.05) is 34.7 Å². The van der Waals surface area contributed by atoms with Gasteiger partial charge in [0.05, 0.1) is 28.3 Å². The summed E-state index contributed by atoms with van der Waals surface area (Å²) in [4.78, 5) is 13.5. The Hall–Kier alpha value is -3.40. The maximum Gasteiger partial charge on any atom is 0.335 e. The van der Waals surface area contributed by atoms with Crippen LogP contribution in [-0.2, 0) is 11.3 Å². The van der Waals surface area contributed by atoms with Gasteiger partial charge in [-0.1, -0.05) is 39.5 Å². The summed E-state index contributed by atoms with van der Waals surface area (Å²) < 4.78 is 18.5. The number of carbonyl (C=O) groups is 1. The van der Waals surface area contributed by atoms with E-state index >= 15 is 0 Å². The Morgan fingerprint density at radius 2 is 1.80 bits per heavy atom. The minimum absolute atomic E-state index is 0.0634. The van der Waals surface area contributed by atoms with E-state index in [1.165, 1.54) is 0 Å². The van der Waals surface area contributed by atoms with Crippen molar-refractivity contribution in [3.63, 3.8) is 0 Å². The number of aryl methyl sites for hydroxylation is 1. The number of anilines is 1. The van der Waals surface area contributed by atoms with Crippen molar-refractivity contribution in [2.45, 2.75) is 76.2 Å². The second-order valence-electron chi connectivity index (χ2n) is 11.2. The zero-order chi connectivity index (χ0) is 28.2. The average molecular weight is 595 g/mol. The number of piperidine rings is 1. The molecule has 1 saturated carbocycles. The third kappa shape index (κ3) is 4.90. The number of aromatic nitrogens is 3. The molecule has 0 spiro atoms. The Bertz CT molecular complexity index is 1600. The highest BCUT2D eigenvalue weighted by atomic mass is 35.5. The largest absolute Gasteiger partial charge is 0.478 e. The number of rotatable bonds is 8. The first-order valence-electron chi connectivity index (χ1n) is 13.9. The Morgan fingerprint density at radius 1 is 1.07 bits per heavy atom. The van der Waals surface area contributed by atoms with Gasteiger partial charge in [-0.25, -0.2) is 4.79 Å². The fraction of sp³-hybridized carbons (Fsp3) is 0.400. The summed E-state index contributed by atoms with van der Waals surface area (Å²) >= 11 is 13.0. The minimum atomic E-state index is -0.968. The van der Waals surface area contributed by atoms with E-state index in [-0.39, 0.29) is 23.8 Å². The van der Waals surface area contributed by atoms with E-state index in [9.17, 15) is 9.90 Å². The summed E-state index contributed by atoms with van der Waals surface area (Å²) in [5.41, 5.74) is 4.00. The summed E-state index contributed by atoms with van der Waals surface area (Å²) in [5, 5.41) is 23.4. The quantitative estimate of drug-likeness (QED) is 0.224. The highest BCUT2D eigenvalue weighted by molar-refractivity contribution is 6.39. The van der Waals surface area contributed by atoms with E-state index in [4.69, 9.17) is 36.9 Å². The van der Waals surface area contributed by atoms with Gasteiger partial charge in [0.25, 0.3) is 0 Å². The minimum Gasteiger partial charge on any atom is -0.478 e. The van der Waals surface area contributed by atoms with Crippen LogP contribution in [0.15, 0.2) is 45.3 Å². The predicted octanol–water partition coefficient (Wildman–Crippen LogP) is 7.30. The zero-order valence-electron chi connectivity index (χ0n) is 22.3. The van der Waals surface area contributed by atoms with E-state index < -0.39 is 5.97 Å². The molecular formula is C30H28Cl2N4O5. The van der Waals surface area contributed by atoms with Crippen LogP contribution in [0.2, 0.25) is 10.0 Å². The molecule has 7 rings (SSSR count). The summed E-state index contributed by atoms with van der Waals surface area (Å²) in [6.45, 7) is 2.22. The van der Waals surface area contributed by atoms with Crippen molar-refractivity contribution < 1.29 is 23.6 Å². The molecule has 4 aromatic rings. The van der Waals surface area contributed by atoms with Crippen molar-refractivity contribution in [2.24, 2.45) is 0 Å². The van der Waals surface area contributed by atoms with Crippen molar-refractivity contribution in [1.82, 2.24) is 15.4 Å². The van der Waals surface area contributed by atoms with Crippen LogP contribution in [0.4, 0.5) is 6.01 Å². The maximum atomic E-state index is 11.3. The van der Waals surface area contributed by atoms with Crippen LogP contribution in [0.1, 0.15) is 71.7 Å². The molecular weight excluding hydrogens is 567 g/mol. The van der Waals surface area contributed by atoms with Crippen LogP contribution < -0.4 is 4.90 Å². The number of carboxylic acids is 1. The van der Waals surface area contributed by atoms with Crippen LogP contribution in [-0.4, -0.2) is 44.6 Å². The van der Waals surface area contributed by atoms with E-state index in [1.54, 1.807) is 18.2 Å². The number of hydrogen-bond acceptors (Lipinski definition) is 8. The molecule has 4 heterocycles. The van der Waals surface area contributed by atoms with Gasteiger partial charge < -0.3 is 23.7 Å². The molecule has 2 aromatic carbocycles. The highest BCUT2D eigenvalue weighted by Crippen LogP contribution is 2.47. The number of nitrogens with zero attached hydrogens (tertiary/aromatic N) is 4. The van der Waals surface area contributed by atoms with Gasteiger partial charge >= 0.3 is 12.0 Å². The summed E-state index contributed by atoms with van der Waals surface area (Å²) in [7, 11) is 0. The second kappa shape index (κ2) is 10.5. The van der Waals surface area contributed by atoms with Gasteiger partial charge in [-0.15, -0.1) is 5.10 Å². The number of fused-ring (bicyclic) bond motifs is 2. The fourth-order valence-corrected chi connectivity index (χ4v) is 6.87. The Balaban J connectivity index is 1.07. The standard InChI is InChI=1S/C30H28Cl2N4O5/c1-15-11-17(29(37)38)7-10-21(15)28-33-34-30(40-28)36-18-8-9-19(36)13-20(12-18)39-14-22-26(35-41-27(22)16-5-6-16)25-23(31)3-2-4-24(25)32/h2-4,7,10-11,16,18-20H,5-6,8-9,12-14H2,1H3,(H,37,38)/t18-,19+,20+. The third-order valence-electron chi connectivity index (χ3n) is 8.46. The van der Waals surface area contributed by atoms with Crippen LogP contribution >= 0.6 is 23.2 Å². The van der Waals surface area contributed by atoms with Crippen LogP contribution in [0.3, 0.4) is 0 Å². The van der Waals surface area contributed by atoms with E-state index in [0.717, 1.165) is 61.0 Å². The molecule has 2 bridgehead atoms. The Morgan fingerprint density at radius 3 is 2.46 bits per heavy atom. The first-order chi connectivity index (χ1) is 19.9. The molecule has 0 amide bonds. The molecule has 9 nitrogen and oxygen atoms in total. The lowest BCUT2D eigenvalue weighted by atomic mass is 10.00. The van der Waals surface area contributed by atoms with Gasteiger partial charge in [-0.2, -0.15) is 0 Å². The molecule has 1 aliphatic carbocycles. The molecule has 0 radical (unpaired) electrons. The molecule has 3 fully saturated rings. The lowest BCUT2D eigenvalue weighted by Crippen LogP contribution is -2.45. The van der Waals surface area contributed by atoms with Crippen molar-refractivity contribution in [2.75, 3.05) is 4.90 Å². The number of ether oxygens (including phenoxy) is 1. The topological polar surface area (TPSA) is 115 Å². The van der Waals surface area contributed by atoms with Gasteiger partial charge in [-0.05, 0) is 81.3 Å². The Kier molecular flexibility index (Phi) is 6.76. The van der Waals surface area contributed by atoms with Crippen LogP contribution in [0, 0.1) is 6.92 Å². The molecule has 1 N–H and O–H groups in total. The normalized spacial score (nSPS) is 21.9. The monoisotopic (exact) mass is 594 g/mol. The molecule has 41 heavy (non-hydrogen) atoms. The first kappa shape index (κ1) is 26.5. The predicted molar refractivity (Wildman–Crippen MR) is 152 cm³/mol. The van der Waals surface area contributed by atoms with Gasteiger partial charge in [-0.3, -0.25) is 0 Å². The summed E-state index contributed by atoms with van der Waals surface area (Å²) in [6, 6.07) is 11.3. The molecule has 0 unspecified atom stereocenters. The number of aromatic carboxylic acids is 1. The average Bonchev–Trinajstić information content (AvgIpc) is 3.42. The number of benzene rings is 2. The lowest BCUT2D eigenvalue weighted by Gasteiger charge is -2.37. The van der Waals surface area contributed by atoms with Crippen LogP contribution in [0.5, 0.6) is 0 Å². The summed E-state index contributed by atoms with van der Waals surface area (Å²) in [5.74, 6) is 0.661. The molecule has 212 valence electrons. The number of halogens is 2. The SMILES string of the molecule is Cc1cc(C(=O)O)ccc1-c1nnc(N2[C@@H]3CC[C@H]2C[C@@H](OCc2c(-c4c(Cl)cccc4Cl)noc2C2CC2)C3)o1. The molecule has 2 aromatic heterocycles. The Labute approximate surface area is 246 Å². The van der Waals surface area contributed by atoms with Gasteiger partial charge in [0.15, 0.2) is 0 Å². The molecule has 3 aliphatic rings. The summed E-state index contributed by atoms with van der Waals surface area (Å²) in [6.07, 6.45) is 5.95. The number of hydrogen-bond donors (Lipinski definition) is 1. The van der Waals surface area contributed by atoms with E-state index in [2.05, 4.69) is 20.3 Å². The number of carboxylic acid groups (broad SMARTS) is 1. The molecule has 2 aliphatic heterocycles. The molecule has 3 atom stereocenters. The van der Waals surface area contributed by atoms with Crippen LogP contribution in [0.25, 0.3) is 22.7 Å². The smallest absolute Gasteiger partial charge is 0.335 e. The van der Waals surface area contributed by atoms with Gasteiger partial charge in [0.1, 0.15) is 11.5 Å². The maximum absolute atomic E-state index is 11.3. The molecule has 11 heteroatoms. The van der Waals surface area contributed by atoms with Crippen molar-refractivity contribution in [3.05, 3.63) is 68.9 Å². The first-order valence-corrected chi connectivity index (χ1v) is 14.6. The third-order valence-corrected chi connectivity index (χ3v) is 9.09. The van der Waals surface area contributed by atoms with E-state index in [0.29, 0.717) is 45.7 Å². The zero-order valence-corrected chi connectivity index (χ0v) is 23.9. The van der Waals surface area contributed by atoms with Gasteiger partial charge in [0.2, 0.25) is 5.89 Å². The fourth-order valence-electron chi connectivity index (χ4n) is 6.29. The van der Waals surface area contributed by atoms with Crippen molar-refractivity contribution in [3.8, 4) is 22.7 Å². The highest BCUT2D eigenvalue weighted by Gasteiger charge is 2.44. The van der Waals surface area contributed by atoms with Crippen molar-refractivity contribution >= 4 is 35.2 Å². The van der Waals surface area contributed by atoms with Crippen molar-refractivity contribution in [1.29, 1.82) is 0 Å². The molecule has 2 saturated heterocycles.